The summed E-state index contributed by atoms with van der Waals surface area (Å²) < 4.78 is 0. The van der Waals surface area contributed by atoms with E-state index in [1.807, 2.05) is 6.07 Å². The number of aromatic nitrogens is 1. The summed E-state index contributed by atoms with van der Waals surface area (Å²) in [6, 6.07) is 3.04. The van der Waals surface area contributed by atoms with E-state index in [9.17, 15) is 0 Å². The Hall–Kier alpha value is -1.33. The third kappa shape index (κ3) is 1.85. The standard InChI is InChI=1S/C11H13ClN4O/c12-11-7(3-15-17)1-9(5-14-11)16-6-8-2-10(16)4-13-8/h1,3,5,8,10,13,17H,2,4,6H2/b15-3+/t8-,10-/m0/s1. The molecule has 0 aliphatic carbocycles. The molecule has 90 valence electrons. The van der Waals surface area contributed by atoms with Gasteiger partial charge in [-0.15, -0.1) is 0 Å². The van der Waals surface area contributed by atoms with Gasteiger partial charge in [-0.05, 0) is 12.5 Å². The van der Waals surface area contributed by atoms with Gasteiger partial charge in [0.1, 0.15) is 5.15 Å². The lowest BCUT2D eigenvalue weighted by atomic mass is 10.2. The van der Waals surface area contributed by atoms with Gasteiger partial charge in [0.25, 0.3) is 0 Å². The predicted octanol–water partition coefficient (Wildman–Crippen LogP) is 1.09. The second-order valence-corrected chi connectivity index (χ2v) is 4.82. The molecular formula is C11H13ClN4O. The van der Waals surface area contributed by atoms with Crippen molar-refractivity contribution in [1.29, 1.82) is 0 Å². The first-order valence-corrected chi connectivity index (χ1v) is 5.98. The van der Waals surface area contributed by atoms with Crippen molar-refractivity contribution in [2.45, 2.75) is 18.5 Å². The van der Waals surface area contributed by atoms with Crippen molar-refractivity contribution in [1.82, 2.24) is 10.3 Å². The number of hydrogen-bond acceptors (Lipinski definition) is 5. The Morgan fingerprint density at radius 2 is 2.53 bits per heavy atom. The highest BCUT2D eigenvalue weighted by atomic mass is 35.5. The number of hydrogen-bond donors (Lipinski definition) is 2. The van der Waals surface area contributed by atoms with Gasteiger partial charge in [-0.3, -0.25) is 0 Å². The molecule has 3 rings (SSSR count). The number of rotatable bonds is 2. The maximum Gasteiger partial charge on any atom is 0.138 e. The smallest absolute Gasteiger partial charge is 0.138 e. The van der Waals surface area contributed by atoms with Gasteiger partial charge in [0.2, 0.25) is 0 Å². The number of nitrogens with one attached hydrogen (secondary N) is 1. The summed E-state index contributed by atoms with van der Waals surface area (Å²) in [4.78, 5) is 6.46. The second kappa shape index (κ2) is 4.16. The highest BCUT2D eigenvalue weighted by Crippen LogP contribution is 2.30. The number of halogens is 1. The molecule has 1 aromatic rings. The van der Waals surface area contributed by atoms with Crippen LogP contribution in [0.25, 0.3) is 0 Å². The predicted molar refractivity (Wildman–Crippen MR) is 66.2 cm³/mol. The average Bonchev–Trinajstić information content (AvgIpc) is 2.94. The van der Waals surface area contributed by atoms with Crippen LogP contribution in [-0.4, -0.2) is 41.6 Å². The lowest BCUT2D eigenvalue weighted by Crippen LogP contribution is -2.43. The molecule has 2 N–H and O–H groups in total. The Balaban J connectivity index is 1.91. The Morgan fingerprint density at radius 3 is 3.18 bits per heavy atom. The molecule has 2 aliphatic rings. The summed E-state index contributed by atoms with van der Waals surface area (Å²) >= 11 is 5.92. The molecule has 5 nitrogen and oxygen atoms in total. The molecule has 3 heterocycles. The number of piperazine rings is 1. The number of anilines is 1. The first-order chi connectivity index (χ1) is 8.28. The molecule has 0 radical (unpaired) electrons. The second-order valence-electron chi connectivity index (χ2n) is 4.47. The average molecular weight is 253 g/mol. The third-order valence-corrected chi connectivity index (χ3v) is 3.75. The van der Waals surface area contributed by atoms with Gasteiger partial charge in [0.05, 0.1) is 18.1 Å². The summed E-state index contributed by atoms with van der Waals surface area (Å²) in [6.07, 6.45) is 4.27. The zero-order chi connectivity index (χ0) is 11.8. The van der Waals surface area contributed by atoms with Gasteiger partial charge in [-0.2, -0.15) is 0 Å². The Morgan fingerprint density at radius 1 is 1.65 bits per heavy atom. The van der Waals surface area contributed by atoms with Gasteiger partial charge in [-0.1, -0.05) is 16.8 Å². The molecular weight excluding hydrogens is 240 g/mol. The highest BCUT2D eigenvalue weighted by molar-refractivity contribution is 6.31. The number of nitrogens with zero attached hydrogens (tertiary/aromatic N) is 3. The van der Waals surface area contributed by atoms with Crippen molar-refractivity contribution in [3.63, 3.8) is 0 Å². The Kier molecular flexibility index (Phi) is 2.64. The summed E-state index contributed by atoms with van der Waals surface area (Å²) in [5.41, 5.74) is 1.68. The minimum atomic E-state index is 0.356. The summed E-state index contributed by atoms with van der Waals surface area (Å²) in [7, 11) is 0. The van der Waals surface area contributed by atoms with E-state index in [4.69, 9.17) is 16.8 Å². The maximum atomic E-state index is 8.57. The lowest BCUT2D eigenvalue weighted by Gasteiger charge is -2.29. The summed E-state index contributed by atoms with van der Waals surface area (Å²) in [5.74, 6) is 0. The molecule has 0 aromatic carbocycles. The van der Waals surface area contributed by atoms with Crippen molar-refractivity contribution >= 4 is 23.5 Å². The minimum absolute atomic E-state index is 0.356. The van der Waals surface area contributed by atoms with Crippen LogP contribution in [-0.2, 0) is 0 Å². The van der Waals surface area contributed by atoms with Gasteiger partial charge in [-0.25, -0.2) is 4.98 Å². The van der Waals surface area contributed by atoms with Crippen LogP contribution < -0.4 is 10.2 Å². The van der Waals surface area contributed by atoms with Crippen LogP contribution in [0, 0.1) is 0 Å². The van der Waals surface area contributed by atoms with E-state index in [0.717, 1.165) is 18.8 Å². The molecule has 17 heavy (non-hydrogen) atoms. The van der Waals surface area contributed by atoms with E-state index in [0.29, 0.717) is 22.8 Å². The van der Waals surface area contributed by atoms with Crippen LogP contribution in [0.15, 0.2) is 17.4 Å². The summed E-state index contributed by atoms with van der Waals surface area (Å²) in [5, 5.41) is 15.4. The largest absolute Gasteiger partial charge is 0.411 e. The van der Waals surface area contributed by atoms with E-state index in [-0.39, 0.29) is 0 Å². The molecule has 0 amide bonds. The SMILES string of the molecule is O/N=C/c1cc(N2C[C@@H]3C[C@H]2CN3)cnc1Cl. The van der Waals surface area contributed by atoms with Crippen molar-refractivity contribution in [3.8, 4) is 0 Å². The van der Waals surface area contributed by atoms with Crippen LogP contribution in [0.1, 0.15) is 12.0 Å². The molecule has 0 saturated carbocycles. The van der Waals surface area contributed by atoms with Crippen molar-refractivity contribution in [2.24, 2.45) is 5.16 Å². The van der Waals surface area contributed by atoms with E-state index in [1.54, 1.807) is 6.20 Å². The van der Waals surface area contributed by atoms with Crippen molar-refractivity contribution in [2.75, 3.05) is 18.0 Å². The molecule has 6 heteroatoms. The van der Waals surface area contributed by atoms with Crippen molar-refractivity contribution < 1.29 is 5.21 Å². The number of fused-ring (bicyclic) bond motifs is 2. The number of pyridine rings is 1. The molecule has 2 aliphatic heterocycles. The molecule has 2 saturated heterocycles. The minimum Gasteiger partial charge on any atom is -0.411 e. The highest BCUT2D eigenvalue weighted by Gasteiger charge is 2.37. The van der Waals surface area contributed by atoms with Gasteiger partial charge in [0, 0.05) is 30.7 Å². The molecule has 2 atom stereocenters. The molecule has 2 fully saturated rings. The van der Waals surface area contributed by atoms with Crippen LogP contribution in [0.5, 0.6) is 0 Å². The topological polar surface area (TPSA) is 60.8 Å². The Bertz CT molecular complexity index is 465. The third-order valence-electron chi connectivity index (χ3n) is 3.44. The first-order valence-electron chi connectivity index (χ1n) is 5.61. The molecule has 1 aromatic heterocycles. The zero-order valence-electron chi connectivity index (χ0n) is 9.17. The quantitative estimate of drug-likeness (QED) is 0.358. The number of oxime groups is 1. The van der Waals surface area contributed by atoms with Gasteiger partial charge >= 0.3 is 0 Å². The molecule has 2 bridgehead atoms. The van der Waals surface area contributed by atoms with Crippen LogP contribution in [0.2, 0.25) is 5.15 Å². The lowest BCUT2D eigenvalue weighted by molar-refractivity contribution is 0.322. The Labute approximate surface area is 104 Å². The molecule has 0 spiro atoms. The van der Waals surface area contributed by atoms with E-state index in [1.165, 1.54) is 12.6 Å². The van der Waals surface area contributed by atoms with Gasteiger partial charge < -0.3 is 15.4 Å². The van der Waals surface area contributed by atoms with Crippen LogP contribution in [0.4, 0.5) is 5.69 Å². The van der Waals surface area contributed by atoms with Gasteiger partial charge in [0.15, 0.2) is 0 Å². The summed E-state index contributed by atoms with van der Waals surface area (Å²) in [6.45, 7) is 2.03. The zero-order valence-corrected chi connectivity index (χ0v) is 9.93. The van der Waals surface area contributed by atoms with Crippen molar-refractivity contribution in [3.05, 3.63) is 23.0 Å². The maximum absolute atomic E-state index is 8.57. The fourth-order valence-electron chi connectivity index (χ4n) is 2.64. The fraction of sp³-hybridized carbons (Fsp3) is 0.455. The molecule has 0 unspecified atom stereocenters. The van der Waals surface area contributed by atoms with E-state index >= 15 is 0 Å². The fourth-order valence-corrected chi connectivity index (χ4v) is 2.79. The van der Waals surface area contributed by atoms with Crippen LogP contribution >= 0.6 is 11.6 Å². The van der Waals surface area contributed by atoms with Crippen LogP contribution in [0.3, 0.4) is 0 Å². The van der Waals surface area contributed by atoms with E-state index < -0.39 is 0 Å². The normalized spacial score (nSPS) is 27.2. The first kappa shape index (κ1) is 10.8. The van der Waals surface area contributed by atoms with E-state index in [2.05, 4.69) is 20.4 Å². The monoisotopic (exact) mass is 252 g/mol.